The maximum Gasteiger partial charge on any atom is 0.253 e. The van der Waals surface area contributed by atoms with Gasteiger partial charge in [0.2, 0.25) is 5.91 Å². The summed E-state index contributed by atoms with van der Waals surface area (Å²) in [6, 6.07) is 9.86. The molecule has 0 aliphatic carbocycles. The van der Waals surface area contributed by atoms with E-state index in [0.29, 0.717) is 31.7 Å². The molecule has 0 unspecified atom stereocenters. The Labute approximate surface area is 143 Å². The van der Waals surface area contributed by atoms with Crippen molar-refractivity contribution in [3.05, 3.63) is 35.4 Å². The second-order valence-corrected chi connectivity index (χ2v) is 6.90. The number of benzene rings is 1. The van der Waals surface area contributed by atoms with E-state index >= 15 is 0 Å². The van der Waals surface area contributed by atoms with Gasteiger partial charge < -0.3 is 9.80 Å². The van der Waals surface area contributed by atoms with Crippen LogP contribution < -0.4 is 0 Å². The Balaban J connectivity index is 1.91. The molecule has 5 heteroatoms. The fourth-order valence-electron chi connectivity index (χ4n) is 2.75. The fraction of sp³-hybridized carbons (Fsp3) is 0.526. The number of piperazine rings is 1. The highest BCUT2D eigenvalue weighted by molar-refractivity contribution is 5.94. The molecular weight excluding hydrogens is 302 g/mol. The minimum absolute atomic E-state index is 0.0130. The zero-order valence-electron chi connectivity index (χ0n) is 14.7. The van der Waals surface area contributed by atoms with Crippen LogP contribution >= 0.6 is 0 Å². The number of amides is 2. The molecule has 5 nitrogen and oxygen atoms in total. The third-order valence-corrected chi connectivity index (χ3v) is 4.42. The van der Waals surface area contributed by atoms with Crippen LogP contribution in [-0.2, 0) is 11.2 Å². The Morgan fingerprint density at radius 1 is 1.08 bits per heavy atom. The number of nitrogens with zero attached hydrogens (tertiary/aromatic N) is 3. The maximum atomic E-state index is 12.5. The fourth-order valence-corrected chi connectivity index (χ4v) is 2.75. The van der Waals surface area contributed by atoms with E-state index in [2.05, 4.69) is 13.0 Å². The predicted octanol–water partition coefficient (Wildman–Crippen LogP) is 2.47. The van der Waals surface area contributed by atoms with Crippen LogP contribution in [0.5, 0.6) is 0 Å². The molecule has 1 fully saturated rings. The molecule has 0 spiro atoms. The quantitative estimate of drug-likeness (QED) is 0.853. The van der Waals surface area contributed by atoms with Gasteiger partial charge in [-0.1, -0.05) is 19.1 Å². The smallest absolute Gasteiger partial charge is 0.253 e. The monoisotopic (exact) mass is 327 g/mol. The minimum Gasteiger partial charge on any atom is -0.339 e. The maximum absolute atomic E-state index is 12.5. The Bertz CT molecular complexity index is 636. The third-order valence-electron chi connectivity index (χ3n) is 4.42. The molecule has 0 atom stereocenters. The lowest BCUT2D eigenvalue weighted by Crippen LogP contribution is -2.51. The summed E-state index contributed by atoms with van der Waals surface area (Å²) >= 11 is 0. The molecule has 1 heterocycles. The summed E-state index contributed by atoms with van der Waals surface area (Å²) in [5.74, 6) is 0.00283. The van der Waals surface area contributed by atoms with Gasteiger partial charge in [0.1, 0.15) is 0 Å². The van der Waals surface area contributed by atoms with Crippen molar-refractivity contribution in [3.8, 4) is 6.07 Å². The standard InChI is InChI=1S/C19H25N3O2/c1-4-15-5-7-16(8-6-15)18(24)22-11-9-21(10-12-22)17(23)13-19(2,3)14-20/h5-8H,4,9-13H2,1-3H3. The molecule has 0 aromatic heterocycles. The molecule has 1 saturated heterocycles. The Hall–Kier alpha value is -2.35. The zero-order valence-corrected chi connectivity index (χ0v) is 14.7. The Morgan fingerprint density at radius 2 is 1.62 bits per heavy atom. The van der Waals surface area contributed by atoms with E-state index in [4.69, 9.17) is 5.26 Å². The summed E-state index contributed by atoms with van der Waals surface area (Å²) in [6.45, 7) is 7.74. The highest BCUT2D eigenvalue weighted by Gasteiger charge is 2.28. The molecular formula is C19H25N3O2. The first-order valence-electron chi connectivity index (χ1n) is 8.43. The largest absolute Gasteiger partial charge is 0.339 e. The van der Waals surface area contributed by atoms with Crippen LogP contribution in [0.2, 0.25) is 0 Å². The van der Waals surface area contributed by atoms with Crippen LogP contribution in [0.25, 0.3) is 0 Å². The van der Waals surface area contributed by atoms with E-state index in [9.17, 15) is 9.59 Å². The number of carbonyl (C=O) groups is 2. The average Bonchev–Trinajstić information content (AvgIpc) is 2.61. The molecule has 1 aromatic rings. The van der Waals surface area contributed by atoms with Gasteiger partial charge in [-0.25, -0.2) is 0 Å². The van der Waals surface area contributed by atoms with E-state index in [1.54, 1.807) is 23.6 Å². The van der Waals surface area contributed by atoms with Crippen LogP contribution in [0.15, 0.2) is 24.3 Å². The molecule has 1 aliphatic heterocycles. The van der Waals surface area contributed by atoms with Crippen LogP contribution in [0.3, 0.4) is 0 Å². The Morgan fingerprint density at radius 3 is 2.12 bits per heavy atom. The van der Waals surface area contributed by atoms with Gasteiger partial charge in [0, 0.05) is 38.2 Å². The van der Waals surface area contributed by atoms with Gasteiger partial charge in [-0.05, 0) is 38.0 Å². The molecule has 0 N–H and O–H groups in total. The SMILES string of the molecule is CCc1ccc(C(=O)N2CCN(C(=O)CC(C)(C)C#N)CC2)cc1. The van der Waals surface area contributed by atoms with Gasteiger partial charge in [-0.2, -0.15) is 5.26 Å². The summed E-state index contributed by atoms with van der Waals surface area (Å²) in [4.78, 5) is 28.3. The van der Waals surface area contributed by atoms with Crippen molar-refractivity contribution in [2.24, 2.45) is 5.41 Å². The number of hydrogen-bond acceptors (Lipinski definition) is 3. The van der Waals surface area contributed by atoms with E-state index in [-0.39, 0.29) is 18.2 Å². The lowest BCUT2D eigenvalue weighted by molar-refractivity contribution is -0.134. The second-order valence-electron chi connectivity index (χ2n) is 6.90. The first-order chi connectivity index (χ1) is 11.4. The number of aryl methyl sites for hydroxylation is 1. The van der Waals surface area contributed by atoms with Gasteiger partial charge in [-0.15, -0.1) is 0 Å². The summed E-state index contributed by atoms with van der Waals surface area (Å²) in [5.41, 5.74) is 1.25. The first-order valence-corrected chi connectivity index (χ1v) is 8.43. The normalized spacial score (nSPS) is 15.1. The molecule has 0 bridgehead atoms. The minimum atomic E-state index is -0.648. The van der Waals surface area contributed by atoms with Gasteiger partial charge in [0.25, 0.3) is 5.91 Å². The summed E-state index contributed by atoms with van der Waals surface area (Å²) in [7, 11) is 0. The highest BCUT2D eigenvalue weighted by Crippen LogP contribution is 2.20. The summed E-state index contributed by atoms with van der Waals surface area (Å²) < 4.78 is 0. The molecule has 2 rings (SSSR count). The van der Waals surface area contributed by atoms with Gasteiger partial charge in [0.05, 0.1) is 11.5 Å². The van der Waals surface area contributed by atoms with E-state index < -0.39 is 5.41 Å². The van der Waals surface area contributed by atoms with Crippen LogP contribution in [0.1, 0.15) is 43.1 Å². The van der Waals surface area contributed by atoms with Crippen molar-refractivity contribution in [1.29, 1.82) is 5.26 Å². The molecule has 0 radical (unpaired) electrons. The van der Waals surface area contributed by atoms with E-state index in [0.717, 1.165) is 6.42 Å². The van der Waals surface area contributed by atoms with Crippen molar-refractivity contribution in [2.75, 3.05) is 26.2 Å². The molecule has 0 saturated carbocycles. The van der Waals surface area contributed by atoms with Crippen LogP contribution in [0, 0.1) is 16.7 Å². The molecule has 24 heavy (non-hydrogen) atoms. The third kappa shape index (κ3) is 4.35. The van der Waals surface area contributed by atoms with Crippen LogP contribution in [0.4, 0.5) is 0 Å². The van der Waals surface area contributed by atoms with Crippen molar-refractivity contribution in [1.82, 2.24) is 9.80 Å². The zero-order chi connectivity index (χ0) is 17.7. The summed E-state index contributed by atoms with van der Waals surface area (Å²) in [5, 5.41) is 9.05. The Kier molecular flexibility index (Phi) is 5.61. The second kappa shape index (κ2) is 7.48. The molecule has 2 amide bonds. The van der Waals surface area contributed by atoms with Crippen molar-refractivity contribution < 1.29 is 9.59 Å². The number of nitriles is 1. The molecule has 128 valence electrons. The number of hydrogen-bond donors (Lipinski definition) is 0. The topological polar surface area (TPSA) is 64.4 Å². The van der Waals surface area contributed by atoms with Gasteiger partial charge in [-0.3, -0.25) is 9.59 Å². The number of rotatable bonds is 4. The van der Waals surface area contributed by atoms with Gasteiger partial charge in [0.15, 0.2) is 0 Å². The van der Waals surface area contributed by atoms with E-state index in [1.807, 2.05) is 24.3 Å². The van der Waals surface area contributed by atoms with Crippen molar-refractivity contribution in [2.45, 2.75) is 33.6 Å². The summed E-state index contributed by atoms with van der Waals surface area (Å²) in [6.07, 6.45) is 1.17. The molecule has 1 aliphatic rings. The first kappa shape index (κ1) is 18.0. The molecule has 1 aromatic carbocycles. The van der Waals surface area contributed by atoms with Crippen molar-refractivity contribution in [3.63, 3.8) is 0 Å². The lowest BCUT2D eigenvalue weighted by atomic mass is 9.90. The van der Waals surface area contributed by atoms with Crippen LogP contribution in [-0.4, -0.2) is 47.8 Å². The predicted molar refractivity (Wildman–Crippen MR) is 92.3 cm³/mol. The highest BCUT2D eigenvalue weighted by atomic mass is 16.2. The average molecular weight is 327 g/mol. The lowest BCUT2D eigenvalue weighted by Gasteiger charge is -2.35. The van der Waals surface area contributed by atoms with E-state index in [1.165, 1.54) is 5.56 Å². The van der Waals surface area contributed by atoms with Crippen molar-refractivity contribution >= 4 is 11.8 Å². The number of carbonyl (C=O) groups excluding carboxylic acids is 2. The van der Waals surface area contributed by atoms with Gasteiger partial charge >= 0.3 is 0 Å².